The van der Waals surface area contributed by atoms with Gasteiger partial charge in [0.15, 0.2) is 0 Å². The van der Waals surface area contributed by atoms with Crippen molar-refractivity contribution < 1.29 is 9.53 Å². The van der Waals surface area contributed by atoms with Gasteiger partial charge in [0.1, 0.15) is 11.6 Å². The third kappa shape index (κ3) is 6.22. The van der Waals surface area contributed by atoms with E-state index in [0.29, 0.717) is 16.9 Å². The highest BCUT2D eigenvalue weighted by Crippen LogP contribution is 2.14. The van der Waals surface area contributed by atoms with E-state index in [-0.39, 0.29) is 5.84 Å². The van der Waals surface area contributed by atoms with E-state index in [4.69, 9.17) is 15.9 Å². The number of nitrogens with one attached hydrogen (secondary N) is 1. The van der Waals surface area contributed by atoms with Crippen molar-refractivity contribution in [3.63, 3.8) is 0 Å². The number of nitrogens with two attached hydrogens (primary N) is 1. The van der Waals surface area contributed by atoms with Crippen LogP contribution in [0.15, 0.2) is 54.6 Å². The first-order valence-electron chi connectivity index (χ1n) is 7.38. The molecule has 0 bridgehead atoms. The van der Waals surface area contributed by atoms with Crippen LogP contribution in [-0.2, 0) is 0 Å². The fraction of sp³-hybridized carbons (Fsp3) is 0.222. The molecule has 0 aliphatic rings. The van der Waals surface area contributed by atoms with Gasteiger partial charge in [0.2, 0.25) is 0 Å². The maximum Gasteiger partial charge on any atom is 0.343 e. The fourth-order valence-electron chi connectivity index (χ4n) is 1.44. The van der Waals surface area contributed by atoms with Gasteiger partial charge >= 0.3 is 5.97 Å². The maximum absolute atomic E-state index is 11.7. The minimum Gasteiger partial charge on any atom is -0.423 e. The molecule has 2 rings (SSSR count). The monoisotopic (exact) mass is 300 g/mol. The molecule has 0 fully saturated rings. The normalized spacial score (nSPS) is 8.55. The van der Waals surface area contributed by atoms with Gasteiger partial charge in [-0.2, -0.15) is 0 Å². The zero-order valence-corrected chi connectivity index (χ0v) is 13.6. The number of carbonyl (C=O) groups excluding carboxylic acids is 1. The molecular formula is C18H24N2O2. The van der Waals surface area contributed by atoms with E-state index < -0.39 is 5.97 Å². The van der Waals surface area contributed by atoms with Crippen LogP contribution in [0.3, 0.4) is 0 Å². The second-order valence-corrected chi connectivity index (χ2v) is 3.69. The number of hydrogen-bond donors (Lipinski definition) is 2. The first-order chi connectivity index (χ1) is 10.7. The summed E-state index contributed by atoms with van der Waals surface area (Å²) in [5.41, 5.74) is 6.42. The van der Waals surface area contributed by atoms with Gasteiger partial charge in [-0.1, -0.05) is 45.9 Å². The minimum atomic E-state index is -0.411. The lowest BCUT2D eigenvalue weighted by molar-refractivity contribution is 0.0735. The van der Waals surface area contributed by atoms with E-state index in [2.05, 4.69) is 0 Å². The predicted molar refractivity (Wildman–Crippen MR) is 91.6 cm³/mol. The molecule has 2 aromatic rings. The number of benzene rings is 2. The predicted octanol–water partition coefficient (Wildman–Crippen LogP) is 4.24. The zero-order valence-electron chi connectivity index (χ0n) is 13.6. The molecule has 118 valence electrons. The Labute approximate surface area is 132 Å². The number of nitrogen functional groups attached to an aromatic ring is 1. The number of esters is 1. The van der Waals surface area contributed by atoms with Crippen molar-refractivity contribution in [3.05, 3.63) is 65.7 Å². The van der Waals surface area contributed by atoms with E-state index in [0.717, 1.165) is 0 Å². The first-order valence-corrected chi connectivity index (χ1v) is 7.38. The Morgan fingerprint density at radius 3 is 1.82 bits per heavy atom. The summed E-state index contributed by atoms with van der Waals surface area (Å²) in [7, 11) is 0. The van der Waals surface area contributed by atoms with Crippen molar-refractivity contribution in [2.45, 2.75) is 27.7 Å². The van der Waals surface area contributed by atoms with Gasteiger partial charge in [0, 0.05) is 5.56 Å². The molecule has 0 atom stereocenters. The molecule has 0 aliphatic carbocycles. The number of rotatable bonds is 3. The van der Waals surface area contributed by atoms with Crippen LogP contribution >= 0.6 is 0 Å². The molecule has 4 nitrogen and oxygen atoms in total. The van der Waals surface area contributed by atoms with Crippen LogP contribution in [0.5, 0.6) is 5.75 Å². The SMILES string of the molecule is CC.CC.N=C(N)c1ccc(OC(=O)c2ccccc2)cc1. The van der Waals surface area contributed by atoms with Crippen LogP contribution in [0.1, 0.15) is 43.6 Å². The summed E-state index contributed by atoms with van der Waals surface area (Å²) in [6, 6.07) is 15.2. The molecule has 0 radical (unpaired) electrons. The van der Waals surface area contributed by atoms with Crippen molar-refractivity contribution in [2.24, 2.45) is 5.73 Å². The Morgan fingerprint density at radius 1 is 0.864 bits per heavy atom. The van der Waals surface area contributed by atoms with E-state index >= 15 is 0 Å². The van der Waals surface area contributed by atoms with Gasteiger partial charge in [-0.15, -0.1) is 0 Å². The molecule has 22 heavy (non-hydrogen) atoms. The fourth-order valence-corrected chi connectivity index (χ4v) is 1.44. The number of amidine groups is 1. The van der Waals surface area contributed by atoms with Gasteiger partial charge in [0.05, 0.1) is 5.56 Å². The molecular weight excluding hydrogens is 276 g/mol. The third-order valence-electron chi connectivity index (χ3n) is 2.39. The Hall–Kier alpha value is -2.62. The van der Waals surface area contributed by atoms with E-state index in [9.17, 15) is 4.79 Å². The second-order valence-electron chi connectivity index (χ2n) is 3.69. The molecule has 3 N–H and O–H groups in total. The highest BCUT2D eigenvalue weighted by Gasteiger charge is 2.07. The van der Waals surface area contributed by atoms with Crippen LogP contribution < -0.4 is 10.5 Å². The molecule has 0 unspecified atom stereocenters. The molecule has 0 saturated heterocycles. The van der Waals surface area contributed by atoms with Crippen LogP contribution in [0.4, 0.5) is 0 Å². The van der Waals surface area contributed by atoms with Crippen molar-refractivity contribution >= 4 is 11.8 Å². The Balaban J connectivity index is 0.00000102. The lowest BCUT2D eigenvalue weighted by Gasteiger charge is -2.05. The third-order valence-corrected chi connectivity index (χ3v) is 2.39. The van der Waals surface area contributed by atoms with Gasteiger partial charge in [-0.3, -0.25) is 5.41 Å². The summed E-state index contributed by atoms with van der Waals surface area (Å²) in [6.45, 7) is 8.00. The van der Waals surface area contributed by atoms with Crippen molar-refractivity contribution in [2.75, 3.05) is 0 Å². The van der Waals surface area contributed by atoms with Crippen LogP contribution in [0, 0.1) is 5.41 Å². The molecule has 0 heterocycles. The molecule has 0 spiro atoms. The Kier molecular flexibility index (Phi) is 9.76. The lowest BCUT2D eigenvalue weighted by Crippen LogP contribution is -2.11. The van der Waals surface area contributed by atoms with Gasteiger partial charge in [-0.25, -0.2) is 4.79 Å². The van der Waals surface area contributed by atoms with Gasteiger partial charge in [0.25, 0.3) is 0 Å². The largest absolute Gasteiger partial charge is 0.423 e. The summed E-state index contributed by atoms with van der Waals surface area (Å²) < 4.78 is 5.18. The van der Waals surface area contributed by atoms with E-state index in [1.165, 1.54) is 0 Å². The van der Waals surface area contributed by atoms with Crippen molar-refractivity contribution in [1.29, 1.82) is 5.41 Å². The number of hydrogen-bond acceptors (Lipinski definition) is 3. The topological polar surface area (TPSA) is 76.2 Å². The highest BCUT2D eigenvalue weighted by atomic mass is 16.5. The Morgan fingerprint density at radius 2 is 1.36 bits per heavy atom. The summed E-state index contributed by atoms with van der Waals surface area (Å²) in [4.78, 5) is 11.7. The van der Waals surface area contributed by atoms with Crippen LogP contribution in [-0.4, -0.2) is 11.8 Å². The molecule has 0 aromatic heterocycles. The number of carbonyl (C=O) groups is 1. The van der Waals surface area contributed by atoms with Gasteiger partial charge in [-0.05, 0) is 36.4 Å². The summed E-state index contributed by atoms with van der Waals surface area (Å²) in [6.07, 6.45) is 0. The van der Waals surface area contributed by atoms with Crippen LogP contribution in [0.25, 0.3) is 0 Å². The summed E-state index contributed by atoms with van der Waals surface area (Å²) in [5.74, 6) is -0.00374. The summed E-state index contributed by atoms with van der Waals surface area (Å²) in [5, 5.41) is 7.25. The smallest absolute Gasteiger partial charge is 0.343 e. The molecule has 2 aromatic carbocycles. The molecule has 4 heteroatoms. The maximum atomic E-state index is 11.7. The average Bonchev–Trinajstić information content (AvgIpc) is 2.59. The average molecular weight is 300 g/mol. The van der Waals surface area contributed by atoms with E-state index in [1.807, 2.05) is 33.8 Å². The standard InChI is InChI=1S/C14H12N2O2.2C2H6/c15-13(16)10-6-8-12(9-7-10)18-14(17)11-4-2-1-3-5-11;2*1-2/h1-9H,(H3,15,16);2*1-2H3. The molecule has 0 saturated carbocycles. The molecule has 0 aliphatic heterocycles. The lowest BCUT2D eigenvalue weighted by atomic mass is 10.2. The quantitative estimate of drug-likeness (QED) is 0.385. The molecule has 0 amide bonds. The second kappa shape index (κ2) is 11.1. The first kappa shape index (κ1) is 19.4. The zero-order chi connectivity index (χ0) is 17.0. The van der Waals surface area contributed by atoms with Crippen molar-refractivity contribution in [3.8, 4) is 5.75 Å². The van der Waals surface area contributed by atoms with Crippen LogP contribution in [0.2, 0.25) is 0 Å². The Bertz CT molecular complexity index is 563. The summed E-state index contributed by atoms with van der Waals surface area (Å²) >= 11 is 0. The van der Waals surface area contributed by atoms with Crippen molar-refractivity contribution in [1.82, 2.24) is 0 Å². The minimum absolute atomic E-state index is 0.0177. The van der Waals surface area contributed by atoms with Gasteiger partial charge < -0.3 is 10.5 Å². The van der Waals surface area contributed by atoms with E-state index in [1.54, 1.807) is 48.5 Å². The number of ether oxygens (including phenoxy) is 1. The highest BCUT2D eigenvalue weighted by molar-refractivity contribution is 5.95.